The van der Waals surface area contributed by atoms with Crippen LogP contribution in [0, 0.1) is 0 Å². The van der Waals surface area contributed by atoms with Gasteiger partial charge in [-0.25, -0.2) is 0 Å². The van der Waals surface area contributed by atoms with Gasteiger partial charge >= 0.3 is 7.12 Å². The largest absolute Gasteiger partial charge is 0.487 e. The average Bonchev–Trinajstić information content (AvgIpc) is 2.70. The van der Waals surface area contributed by atoms with E-state index < -0.39 is 0 Å². The van der Waals surface area contributed by atoms with Crippen LogP contribution in [-0.2, 0) is 9.31 Å². The first kappa shape index (κ1) is 11.8. The summed E-state index contributed by atoms with van der Waals surface area (Å²) in [4.78, 5) is 0. The summed E-state index contributed by atoms with van der Waals surface area (Å²) >= 11 is 1.33. The van der Waals surface area contributed by atoms with Crippen LogP contribution in [0.15, 0.2) is 11.4 Å². The first-order valence-corrected chi connectivity index (χ1v) is 6.05. The fourth-order valence-corrected chi connectivity index (χ4v) is 1.81. The maximum atomic E-state index is 5.81. The molecule has 6 heteroatoms. The van der Waals surface area contributed by atoms with Crippen LogP contribution in [0.3, 0.4) is 0 Å². The molecule has 1 fully saturated rings. The van der Waals surface area contributed by atoms with Crippen LogP contribution in [0.2, 0.25) is 0 Å². The van der Waals surface area contributed by atoms with Crippen molar-refractivity contribution in [2.24, 2.45) is 0 Å². The molecule has 2 rings (SSSR count). The molecule has 0 unspecified atom stereocenters. The summed E-state index contributed by atoms with van der Waals surface area (Å²) in [6, 6.07) is 0. The molecule has 1 aliphatic heterocycles. The summed E-state index contributed by atoms with van der Waals surface area (Å²) in [5.41, 5.74) is 0.254. The summed E-state index contributed by atoms with van der Waals surface area (Å²) < 4.78 is 15.4. The van der Waals surface area contributed by atoms with Gasteiger partial charge in [-0.05, 0) is 45.3 Å². The molecular formula is C10H15BN2O2S. The van der Waals surface area contributed by atoms with E-state index in [0.29, 0.717) is 0 Å². The molecule has 2 heterocycles. The van der Waals surface area contributed by atoms with Crippen LogP contribution in [0.4, 0.5) is 0 Å². The Kier molecular flexibility index (Phi) is 2.90. The third-order valence-corrected chi connectivity index (χ3v) is 3.60. The second kappa shape index (κ2) is 3.94. The van der Waals surface area contributed by atoms with E-state index >= 15 is 0 Å². The van der Waals surface area contributed by atoms with Gasteiger partial charge < -0.3 is 9.31 Å². The van der Waals surface area contributed by atoms with Crippen LogP contribution >= 0.6 is 11.5 Å². The minimum atomic E-state index is -0.313. The molecule has 1 aliphatic rings. The molecule has 86 valence electrons. The van der Waals surface area contributed by atoms with Crippen molar-refractivity contribution in [1.82, 2.24) is 9.59 Å². The Morgan fingerprint density at radius 2 is 1.88 bits per heavy atom. The molecule has 0 aliphatic carbocycles. The molecule has 1 aromatic heterocycles. The quantitative estimate of drug-likeness (QED) is 0.740. The number of hydrogen-bond donors (Lipinski definition) is 0. The lowest BCUT2D eigenvalue weighted by atomic mass is 9.90. The Labute approximate surface area is 100.0 Å². The van der Waals surface area contributed by atoms with Gasteiger partial charge in [-0.3, -0.25) is 0 Å². The highest BCUT2D eigenvalue weighted by Crippen LogP contribution is 2.36. The summed E-state index contributed by atoms with van der Waals surface area (Å²) in [6.07, 6.45) is 1.87. The van der Waals surface area contributed by atoms with E-state index in [1.54, 1.807) is 0 Å². The summed E-state index contributed by atoms with van der Waals surface area (Å²) in [5, 5.41) is 5.80. The number of aromatic nitrogens is 2. The highest BCUT2D eigenvalue weighted by molar-refractivity contribution is 7.03. The summed E-state index contributed by atoms with van der Waals surface area (Å²) in [5.74, 6) is 1.87. The summed E-state index contributed by atoms with van der Waals surface area (Å²) in [7, 11) is -0.313. The van der Waals surface area contributed by atoms with Crippen molar-refractivity contribution in [3.63, 3.8) is 0 Å². The molecule has 4 nitrogen and oxygen atoms in total. The molecule has 0 spiro atoms. The molecule has 16 heavy (non-hydrogen) atoms. The normalized spacial score (nSPS) is 23.1. The first-order valence-electron chi connectivity index (χ1n) is 5.22. The highest BCUT2D eigenvalue weighted by atomic mass is 32.1. The molecular weight excluding hydrogens is 223 g/mol. The zero-order valence-corrected chi connectivity index (χ0v) is 10.7. The zero-order valence-electron chi connectivity index (χ0n) is 9.93. The van der Waals surface area contributed by atoms with E-state index in [1.165, 1.54) is 11.5 Å². The van der Waals surface area contributed by atoms with Crippen molar-refractivity contribution in [2.75, 3.05) is 0 Å². The van der Waals surface area contributed by atoms with E-state index in [-0.39, 0.29) is 18.3 Å². The van der Waals surface area contributed by atoms with Crippen LogP contribution in [-0.4, -0.2) is 27.9 Å². The molecule has 0 bridgehead atoms. The minimum absolute atomic E-state index is 0.289. The van der Waals surface area contributed by atoms with E-state index in [1.807, 2.05) is 45.1 Å². The van der Waals surface area contributed by atoms with Gasteiger partial charge in [0.1, 0.15) is 0 Å². The van der Waals surface area contributed by atoms with Crippen LogP contribution in [0.5, 0.6) is 0 Å². The van der Waals surface area contributed by atoms with E-state index in [0.717, 1.165) is 5.69 Å². The number of hydrogen-bond acceptors (Lipinski definition) is 5. The van der Waals surface area contributed by atoms with Gasteiger partial charge in [0.25, 0.3) is 0 Å². The molecule has 0 saturated carbocycles. The number of rotatable bonds is 2. The van der Waals surface area contributed by atoms with Gasteiger partial charge in [0.05, 0.1) is 16.9 Å². The van der Waals surface area contributed by atoms with Crippen LogP contribution in [0.25, 0.3) is 6.08 Å². The zero-order chi connectivity index (χ0) is 11.8. The second-order valence-corrected chi connectivity index (χ2v) is 5.42. The second-order valence-electron chi connectivity index (χ2n) is 4.81. The molecule has 0 amide bonds. The van der Waals surface area contributed by atoms with Gasteiger partial charge in [0.2, 0.25) is 0 Å². The van der Waals surface area contributed by atoms with Crippen LogP contribution < -0.4 is 0 Å². The standard InChI is InChI=1S/C10H15BN2O2S/c1-9(2)10(3,4)15-11(14-9)6-5-8-7-16-13-12-8/h5-7H,1-4H3/b6-5+. The van der Waals surface area contributed by atoms with Crippen molar-refractivity contribution >= 4 is 24.7 Å². The Balaban J connectivity index is 2.05. The van der Waals surface area contributed by atoms with Gasteiger partial charge in [0, 0.05) is 5.38 Å². The van der Waals surface area contributed by atoms with Crippen molar-refractivity contribution in [1.29, 1.82) is 0 Å². The molecule has 0 N–H and O–H groups in total. The van der Waals surface area contributed by atoms with E-state index in [2.05, 4.69) is 9.59 Å². The van der Waals surface area contributed by atoms with Crippen molar-refractivity contribution in [2.45, 2.75) is 38.9 Å². The molecule has 1 saturated heterocycles. The monoisotopic (exact) mass is 238 g/mol. The molecule has 1 aromatic rings. The Bertz CT molecular complexity index is 374. The lowest BCUT2D eigenvalue weighted by Crippen LogP contribution is -2.41. The maximum absolute atomic E-state index is 5.81. The Morgan fingerprint density at radius 3 is 2.38 bits per heavy atom. The Morgan fingerprint density at radius 1 is 1.25 bits per heavy atom. The van der Waals surface area contributed by atoms with E-state index in [9.17, 15) is 0 Å². The van der Waals surface area contributed by atoms with Crippen LogP contribution in [0.1, 0.15) is 33.4 Å². The van der Waals surface area contributed by atoms with Crippen molar-refractivity contribution < 1.29 is 9.31 Å². The highest BCUT2D eigenvalue weighted by Gasteiger charge is 2.49. The maximum Gasteiger partial charge on any atom is 0.487 e. The van der Waals surface area contributed by atoms with Crippen molar-refractivity contribution in [3.05, 3.63) is 17.0 Å². The third-order valence-electron chi connectivity index (χ3n) is 3.07. The van der Waals surface area contributed by atoms with Gasteiger partial charge in [-0.1, -0.05) is 10.5 Å². The van der Waals surface area contributed by atoms with Gasteiger partial charge in [-0.15, -0.1) is 5.10 Å². The minimum Gasteiger partial charge on any atom is -0.400 e. The fourth-order valence-electron chi connectivity index (χ4n) is 1.39. The average molecular weight is 238 g/mol. The van der Waals surface area contributed by atoms with E-state index in [4.69, 9.17) is 9.31 Å². The SMILES string of the molecule is CC1(C)OB(/C=C/c2csnn2)OC1(C)C. The predicted molar refractivity (Wildman–Crippen MR) is 65.0 cm³/mol. The molecule has 0 radical (unpaired) electrons. The van der Waals surface area contributed by atoms with Gasteiger partial charge in [0.15, 0.2) is 0 Å². The smallest absolute Gasteiger partial charge is 0.400 e. The molecule has 0 aromatic carbocycles. The Hall–Kier alpha value is -0.715. The lowest BCUT2D eigenvalue weighted by molar-refractivity contribution is 0.00578. The molecule has 0 atom stereocenters. The van der Waals surface area contributed by atoms with Gasteiger partial charge in [-0.2, -0.15) is 0 Å². The lowest BCUT2D eigenvalue weighted by Gasteiger charge is -2.32. The van der Waals surface area contributed by atoms with Crippen molar-refractivity contribution in [3.8, 4) is 0 Å². The number of nitrogens with zero attached hydrogens (tertiary/aromatic N) is 2. The topological polar surface area (TPSA) is 44.2 Å². The fraction of sp³-hybridized carbons (Fsp3) is 0.600. The third kappa shape index (κ3) is 2.19. The predicted octanol–water partition coefficient (Wildman–Crippen LogP) is 2.18. The first-order chi connectivity index (χ1) is 7.41. The summed E-state index contributed by atoms with van der Waals surface area (Å²) in [6.45, 7) is 8.13.